The van der Waals surface area contributed by atoms with E-state index < -0.39 is 0 Å². The molecule has 0 unspecified atom stereocenters. The maximum absolute atomic E-state index is 5.13. The molecule has 0 aliphatic heterocycles. The highest BCUT2D eigenvalue weighted by Crippen LogP contribution is 2.41. The average molecular weight is 466 g/mol. The normalized spacial score (nSPS) is 10.9. The van der Waals surface area contributed by atoms with Crippen molar-refractivity contribution in [1.29, 1.82) is 0 Å². The summed E-state index contributed by atoms with van der Waals surface area (Å²) >= 11 is 1.75. The fourth-order valence-corrected chi connectivity index (χ4v) is 5.41. The van der Waals surface area contributed by atoms with E-state index in [2.05, 4.69) is 127 Å². The molecule has 0 amide bonds. The minimum Gasteiger partial charge on any atom is -0.235 e. The predicted octanol–water partition coefficient (Wildman–Crippen LogP) is 9.48. The number of rotatable bonds is 5. The standard InChI is InChI=1S/C33H23NS/c1-4-10-24(11-5-1)26-16-20-28(21-17-26)31-32(35-33(34-31)30-14-8-3-9-15-30)29-22-18-27(19-23-29)25-12-6-2-7-13-25/h1-23H. The van der Waals surface area contributed by atoms with Gasteiger partial charge in [-0.2, -0.15) is 0 Å². The number of nitrogens with zero attached hydrogens (tertiary/aromatic N) is 1. The van der Waals surface area contributed by atoms with Gasteiger partial charge in [-0.1, -0.05) is 140 Å². The molecule has 6 aromatic rings. The largest absolute Gasteiger partial charge is 0.235 e. The van der Waals surface area contributed by atoms with Crippen LogP contribution in [0.15, 0.2) is 140 Å². The summed E-state index contributed by atoms with van der Waals surface area (Å²) in [5.74, 6) is 0. The molecule has 2 heteroatoms. The third kappa shape index (κ3) is 4.44. The molecule has 6 rings (SSSR count). The number of thiazole rings is 1. The van der Waals surface area contributed by atoms with Crippen LogP contribution in [0.25, 0.3) is 54.5 Å². The monoisotopic (exact) mass is 465 g/mol. The Hall–Kier alpha value is -4.27. The van der Waals surface area contributed by atoms with E-state index in [1.807, 2.05) is 12.1 Å². The van der Waals surface area contributed by atoms with Gasteiger partial charge in [0, 0.05) is 11.1 Å². The highest BCUT2D eigenvalue weighted by Gasteiger charge is 2.16. The van der Waals surface area contributed by atoms with Crippen LogP contribution in [0, 0.1) is 0 Å². The number of aromatic nitrogens is 1. The van der Waals surface area contributed by atoms with Crippen molar-refractivity contribution >= 4 is 11.3 Å². The van der Waals surface area contributed by atoms with Gasteiger partial charge >= 0.3 is 0 Å². The second-order valence-electron chi connectivity index (χ2n) is 8.45. The Morgan fingerprint density at radius 1 is 0.343 bits per heavy atom. The van der Waals surface area contributed by atoms with Gasteiger partial charge in [-0.3, -0.25) is 0 Å². The van der Waals surface area contributed by atoms with Gasteiger partial charge in [-0.15, -0.1) is 11.3 Å². The van der Waals surface area contributed by atoms with Crippen LogP contribution in [-0.2, 0) is 0 Å². The molecule has 0 aliphatic rings. The summed E-state index contributed by atoms with van der Waals surface area (Å²) in [6, 6.07) is 49.0. The summed E-state index contributed by atoms with van der Waals surface area (Å²) in [7, 11) is 0. The van der Waals surface area contributed by atoms with E-state index >= 15 is 0 Å². The van der Waals surface area contributed by atoms with Gasteiger partial charge in [0.15, 0.2) is 0 Å². The molecule has 0 saturated carbocycles. The van der Waals surface area contributed by atoms with Crippen LogP contribution < -0.4 is 0 Å². The second-order valence-corrected chi connectivity index (χ2v) is 9.45. The van der Waals surface area contributed by atoms with Gasteiger partial charge in [-0.25, -0.2) is 4.98 Å². The van der Waals surface area contributed by atoms with Crippen LogP contribution in [0.4, 0.5) is 0 Å². The van der Waals surface area contributed by atoms with E-state index in [0.29, 0.717) is 0 Å². The zero-order valence-electron chi connectivity index (χ0n) is 19.1. The highest BCUT2D eigenvalue weighted by atomic mass is 32.1. The fraction of sp³-hybridized carbons (Fsp3) is 0. The third-order valence-electron chi connectivity index (χ3n) is 6.17. The SMILES string of the molecule is c1ccc(-c2ccc(-c3nc(-c4ccccc4)sc3-c3ccc(-c4ccccc4)cc3)cc2)cc1. The minimum absolute atomic E-state index is 1.03. The Morgan fingerprint density at radius 2 is 0.714 bits per heavy atom. The van der Waals surface area contributed by atoms with Crippen LogP contribution >= 0.6 is 11.3 Å². The molecule has 5 aromatic carbocycles. The Labute approximate surface area is 210 Å². The zero-order valence-corrected chi connectivity index (χ0v) is 20.0. The molecular weight excluding hydrogens is 442 g/mol. The second kappa shape index (κ2) is 9.54. The Kier molecular flexibility index (Phi) is 5.80. The van der Waals surface area contributed by atoms with Crippen LogP contribution in [0.1, 0.15) is 0 Å². The van der Waals surface area contributed by atoms with E-state index in [-0.39, 0.29) is 0 Å². The molecule has 0 fully saturated rings. The molecule has 0 atom stereocenters. The van der Waals surface area contributed by atoms with Gasteiger partial charge in [0.25, 0.3) is 0 Å². The molecular formula is C33H23NS. The maximum atomic E-state index is 5.13. The van der Waals surface area contributed by atoms with Crippen LogP contribution in [-0.4, -0.2) is 4.98 Å². The molecule has 0 saturated heterocycles. The van der Waals surface area contributed by atoms with Crippen molar-refractivity contribution < 1.29 is 0 Å². The first-order chi connectivity index (χ1) is 17.3. The van der Waals surface area contributed by atoms with E-state index in [1.165, 1.54) is 32.7 Å². The molecule has 166 valence electrons. The van der Waals surface area contributed by atoms with Crippen molar-refractivity contribution in [3.8, 4) is 54.5 Å². The number of hydrogen-bond acceptors (Lipinski definition) is 2. The van der Waals surface area contributed by atoms with Crippen LogP contribution in [0.3, 0.4) is 0 Å². The van der Waals surface area contributed by atoms with E-state index in [9.17, 15) is 0 Å². The molecule has 1 heterocycles. The smallest absolute Gasteiger partial charge is 0.124 e. The first-order valence-corrected chi connectivity index (χ1v) is 12.5. The lowest BCUT2D eigenvalue weighted by Gasteiger charge is -2.07. The van der Waals surface area contributed by atoms with Gasteiger partial charge in [0.05, 0.1) is 10.6 Å². The van der Waals surface area contributed by atoms with Crippen LogP contribution in [0.5, 0.6) is 0 Å². The van der Waals surface area contributed by atoms with Crippen molar-refractivity contribution in [1.82, 2.24) is 4.98 Å². The van der Waals surface area contributed by atoms with Gasteiger partial charge in [0.2, 0.25) is 0 Å². The molecule has 1 aromatic heterocycles. The number of benzene rings is 5. The van der Waals surface area contributed by atoms with Crippen molar-refractivity contribution in [2.24, 2.45) is 0 Å². The zero-order chi connectivity index (χ0) is 23.5. The highest BCUT2D eigenvalue weighted by molar-refractivity contribution is 7.19. The van der Waals surface area contributed by atoms with Crippen molar-refractivity contribution in [3.05, 3.63) is 140 Å². The summed E-state index contributed by atoms with van der Waals surface area (Å²) in [5, 5.41) is 1.04. The van der Waals surface area contributed by atoms with E-state index in [1.54, 1.807) is 11.3 Å². The van der Waals surface area contributed by atoms with Crippen molar-refractivity contribution in [2.75, 3.05) is 0 Å². The summed E-state index contributed by atoms with van der Waals surface area (Å²) in [4.78, 5) is 6.32. The van der Waals surface area contributed by atoms with Crippen molar-refractivity contribution in [2.45, 2.75) is 0 Å². The lowest BCUT2D eigenvalue weighted by Crippen LogP contribution is -1.85. The Morgan fingerprint density at radius 3 is 1.20 bits per heavy atom. The third-order valence-corrected chi connectivity index (χ3v) is 7.32. The Bertz CT molecular complexity index is 1430. The molecule has 0 bridgehead atoms. The summed E-state index contributed by atoms with van der Waals surface area (Å²) in [6.07, 6.45) is 0. The van der Waals surface area contributed by atoms with Crippen molar-refractivity contribution in [3.63, 3.8) is 0 Å². The predicted molar refractivity (Wildman–Crippen MR) is 149 cm³/mol. The van der Waals surface area contributed by atoms with Gasteiger partial charge in [0.1, 0.15) is 5.01 Å². The molecule has 0 radical (unpaired) electrons. The van der Waals surface area contributed by atoms with Gasteiger partial charge in [-0.05, 0) is 27.8 Å². The molecule has 0 aliphatic carbocycles. The summed E-state index contributed by atoms with van der Waals surface area (Å²) < 4.78 is 0. The topological polar surface area (TPSA) is 12.9 Å². The number of hydrogen-bond donors (Lipinski definition) is 0. The first kappa shape index (κ1) is 21.3. The lowest BCUT2D eigenvalue weighted by atomic mass is 10.00. The Balaban J connectivity index is 1.42. The fourth-order valence-electron chi connectivity index (χ4n) is 4.31. The molecule has 1 nitrogen and oxygen atoms in total. The van der Waals surface area contributed by atoms with Gasteiger partial charge < -0.3 is 0 Å². The minimum atomic E-state index is 1.03. The maximum Gasteiger partial charge on any atom is 0.124 e. The summed E-state index contributed by atoms with van der Waals surface area (Å²) in [6.45, 7) is 0. The van der Waals surface area contributed by atoms with Crippen LogP contribution in [0.2, 0.25) is 0 Å². The van der Waals surface area contributed by atoms with E-state index in [0.717, 1.165) is 21.8 Å². The summed E-state index contributed by atoms with van der Waals surface area (Å²) in [5.41, 5.74) is 9.37. The molecule has 35 heavy (non-hydrogen) atoms. The first-order valence-electron chi connectivity index (χ1n) is 11.7. The average Bonchev–Trinajstić information content (AvgIpc) is 3.40. The molecule has 0 spiro atoms. The quantitative estimate of drug-likeness (QED) is 0.247. The van der Waals surface area contributed by atoms with E-state index in [4.69, 9.17) is 4.98 Å². The lowest BCUT2D eigenvalue weighted by molar-refractivity contribution is 1.40. The molecule has 0 N–H and O–H groups in total.